The molecule has 104 valence electrons. The minimum Gasteiger partial charge on any atom is -0.324 e. The molecule has 1 aromatic heterocycles. The van der Waals surface area contributed by atoms with Crippen LogP contribution < -0.4 is 10.5 Å². The van der Waals surface area contributed by atoms with Gasteiger partial charge in [0.2, 0.25) is 10.0 Å². The van der Waals surface area contributed by atoms with Crippen molar-refractivity contribution in [2.75, 3.05) is 6.54 Å². The van der Waals surface area contributed by atoms with E-state index in [1.165, 1.54) is 18.5 Å². The molecule has 1 fully saturated rings. The summed E-state index contributed by atoms with van der Waals surface area (Å²) in [5, 5.41) is 8.71. The predicted octanol–water partition coefficient (Wildman–Crippen LogP) is 0.535. The highest BCUT2D eigenvalue weighted by Crippen LogP contribution is 2.28. The zero-order chi connectivity index (χ0) is 13.2. The van der Waals surface area contributed by atoms with E-state index in [-0.39, 0.29) is 29.4 Å². The number of pyridine rings is 1. The molecule has 19 heavy (non-hydrogen) atoms. The highest BCUT2D eigenvalue weighted by molar-refractivity contribution is 7.89. The van der Waals surface area contributed by atoms with Crippen molar-refractivity contribution in [2.45, 2.75) is 29.7 Å². The van der Waals surface area contributed by atoms with Gasteiger partial charge in [0.25, 0.3) is 0 Å². The van der Waals surface area contributed by atoms with Crippen molar-refractivity contribution in [2.24, 2.45) is 5.73 Å². The molecule has 1 saturated carbocycles. The van der Waals surface area contributed by atoms with E-state index >= 15 is 0 Å². The van der Waals surface area contributed by atoms with Crippen LogP contribution in [0.4, 0.5) is 0 Å². The Bertz CT molecular complexity index is 593. The van der Waals surface area contributed by atoms with Gasteiger partial charge in [-0.05, 0) is 25.3 Å². The van der Waals surface area contributed by atoms with E-state index in [1.54, 1.807) is 0 Å². The van der Waals surface area contributed by atoms with Gasteiger partial charge in [-0.25, -0.2) is 13.1 Å². The lowest BCUT2D eigenvalue weighted by atomic mass is 9.78. The molecule has 0 bridgehead atoms. The van der Waals surface area contributed by atoms with Gasteiger partial charge in [-0.1, -0.05) is 0 Å². The molecule has 0 radical (unpaired) electrons. The average Bonchev–Trinajstić information content (AvgIpc) is 2.34. The molecule has 0 aromatic carbocycles. The normalized spacial score (nSPS) is 16.8. The molecule has 0 saturated heterocycles. The molecule has 0 amide bonds. The minimum atomic E-state index is -3.65. The highest BCUT2D eigenvalue weighted by atomic mass is 35.5. The third-order valence-electron chi connectivity index (χ3n) is 3.12. The van der Waals surface area contributed by atoms with Gasteiger partial charge in [-0.2, -0.15) is 5.26 Å². The van der Waals surface area contributed by atoms with Gasteiger partial charge in [0.1, 0.15) is 11.0 Å². The fraction of sp³-hybridized carbons (Fsp3) is 0.455. The number of nitrogens with two attached hydrogens (primary N) is 1. The Balaban J connectivity index is 0.00000180. The Morgan fingerprint density at radius 3 is 2.68 bits per heavy atom. The van der Waals surface area contributed by atoms with Gasteiger partial charge < -0.3 is 5.73 Å². The Labute approximate surface area is 118 Å². The van der Waals surface area contributed by atoms with E-state index in [0.29, 0.717) is 0 Å². The molecule has 1 heterocycles. The number of rotatable bonds is 4. The second kappa shape index (κ2) is 5.84. The third-order valence-corrected chi connectivity index (χ3v) is 4.48. The first-order valence-corrected chi connectivity index (χ1v) is 7.07. The molecule has 1 aromatic rings. The summed E-state index contributed by atoms with van der Waals surface area (Å²) in [4.78, 5) is 3.72. The quantitative estimate of drug-likeness (QED) is 0.843. The summed E-state index contributed by atoms with van der Waals surface area (Å²) in [6.07, 6.45) is 5.21. The Hall–Kier alpha value is -1.20. The summed E-state index contributed by atoms with van der Waals surface area (Å²) in [7, 11) is -3.65. The number of sulfonamides is 1. The average molecular weight is 303 g/mol. The van der Waals surface area contributed by atoms with Crippen molar-refractivity contribution in [1.29, 1.82) is 5.26 Å². The number of aromatic nitrogens is 1. The molecule has 0 aliphatic heterocycles. The largest absolute Gasteiger partial charge is 0.324 e. The zero-order valence-corrected chi connectivity index (χ0v) is 11.8. The Morgan fingerprint density at radius 1 is 1.47 bits per heavy atom. The summed E-state index contributed by atoms with van der Waals surface area (Å²) < 4.78 is 26.4. The maximum atomic E-state index is 12.0. The van der Waals surface area contributed by atoms with E-state index in [2.05, 4.69) is 9.71 Å². The number of halogens is 1. The molecule has 1 aliphatic rings. The van der Waals surface area contributed by atoms with Crippen molar-refractivity contribution in [3.63, 3.8) is 0 Å². The fourth-order valence-electron chi connectivity index (χ4n) is 1.76. The summed E-state index contributed by atoms with van der Waals surface area (Å²) in [6.45, 7) is 0.214. The van der Waals surface area contributed by atoms with E-state index in [0.717, 1.165) is 19.3 Å². The lowest BCUT2D eigenvalue weighted by Gasteiger charge is -2.37. The zero-order valence-electron chi connectivity index (χ0n) is 10.2. The van der Waals surface area contributed by atoms with Crippen LogP contribution in [0.5, 0.6) is 0 Å². The van der Waals surface area contributed by atoms with Crippen molar-refractivity contribution in [1.82, 2.24) is 9.71 Å². The number of nitrogens with zero attached hydrogens (tertiary/aromatic N) is 2. The van der Waals surface area contributed by atoms with E-state index in [4.69, 9.17) is 11.0 Å². The number of nitriles is 1. The first kappa shape index (κ1) is 15.9. The van der Waals surface area contributed by atoms with Gasteiger partial charge >= 0.3 is 0 Å². The maximum absolute atomic E-state index is 12.0. The molecule has 3 N–H and O–H groups in total. The monoisotopic (exact) mass is 302 g/mol. The van der Waals surface area contributed by atoms with Crippen LogP contribution in [0.3, 0.4) is 0 Å². The number of hydrogen-bond donors (Lipinski definition) is 2. The highest BCUT2D eigenvalue weighted by Gasteiger charge is 2.33. The van der Waals surface area contributed by atoms with Gasteiger partial charge in [-0.3, -0.25) is 4.98 Å². The summed E-state index contributed by atoms with van der Waals surface area (Å²) in [5.41, 5.74) is 5.74. The topological polar surface area (TPSA) is 109 Å². The second-order valence-electron chi connectivity index (χ2n) is 4.56. The molecule has 2 rings (SSSR count). The molecule has 8 heteroatoms. The minimum absolute atomic E-state index is 0. The van der Waals surface area contributed by atoms with E-state index in [1.807, 2.05) is 6.07 Å². The van der Waals surface area contributed by atoms with Gasteiger partial charge in [0, 0.05) is 24.5 Å². The SMILES string of the molecule is Cl.N#Cc1cncc(S(=O)(=O)NCC2(N)CCC2)c1. The van der Waals surface area contributed by atoms with Crippen molar-refractivity contribution in [3.8, 4) is 6.07 Å². The number of hydrogen-bond acceptors (Lipinski definition) is 5. The van der Waals surface area contributed by atoms with E-state index in [9.17, 15) is 8.42 Å². The molecule has 0 spiro atoms. The standard InChI is InChI=1S/C11H14N4O2S.ClH/c12-5-9-4-10(7-14-6-9)18(16,17)15-8-11(13)2-1-3-11;/h4,6-7,15H,1-3,8,13H2;1H. The molecule has 6 nitrogen and oxygen atoms in total. The first-order valence-electron chi connectivity index (χ1n) is 5.59. The molecular formula is C11H15ClN4O2S. The van der Waals surface area contributed by atoms with E-state index < -0.39 is 15.6 Å². The second-order valence-corrected chi connectivity index (χ2v) is 6.33. The summed E-state index contributed by atoms with van der Waals surface area (Å²) in [6, 6.07) is 3.15. The van der Waals surface area contributed by atoms with Crippen molar-refractivity contribution in [3.05, 3.63) is 24.0 Å². The van der Waals surface area contributed by atoms with Gasteiger partial charge in [0.05, 0.1) is 5.56 Å². The fourth-order valence-corrected chi connectivity index (χ4v) is 2.88. The van der Waals surface area contributed by atoms with Crippen LogP contribution in [-0.2, 0) is 10.0 Å². The van der Waals surface area contributed by atoms with Crippen molar-refractivity contribution >= 4 is 22.4 Å². The summed E-state index contributed by atoms with van der Waals surface area (Å²) in [5.74, 6) is 0. The molecule has 1 aliphatic carbocycles. The first-order chi connectivity index (χ1) is 8.45. The smallest absolute Gasteiger partial charge is 0.242 e. The van der Waals surface area contributed by atoms with Crippen molar-refractivity contribution < 1.29 is 8.42 Å². The van der Waals surface area contributed by atoms with Gasteiger partial charge in [0.15, 0.2) is 0 Å². The lowest BCUT2D eigenvalue weighted by Crippen LogP contribution is -2.54. The lowest BCUT2D eigenvalue weighted by molar-refractivity contribution is 0.251. The Kier molecular flexibility index (Phi) is 4.87. The molecule has 0 unspecified atom stereocenters. The van der Waals surface area contributed by atoms with Gasteiger partial charge in [-0.15, -0.1) is 12.4 Å². The summed E-state index contributed by atoms with van der Waals surface area (Å²) >= 11 is 0. The van der Waals surface area contributed by atoms with Crippen LogP contribution in [-0.4, -0.2) is 25.5 Å². The molecular weight excluding hydrogens is 288 g/mol. The molecule has 0 atom stereocenters. The maximum Gasteiger partial charge on any atom is 0.242 e. The predicted molar refractivity (Wildman–Crippen MR) is 72.2 cm³/mol. The van der Waals surface area contributed by atoms with Crippen LogP contribution in [0.25, 0.3) is 0 Å². The van der Waals surface area contributed by atoms with Crippen LogP contribution in [0.2, 0.25) is 0 Å². The Morgan fingerprint density at radius 2 is 2.16 bits per heavy atom. The third kappa shape index (κ3) is 3.64. The van der Waals surface area contributed by atoms with Crippen LogP contribution in [0.15, 0.2) is 23.4 Å². The van der Waals surface area contributed by atoms with Crippen LogP contribution >= 0.6 is 12.4 Å². The number of nitrogens with one attached hydrogen (secondary N) is 1. The van der Waals surface area contributed by atoms with Crippen LogP contribution in [0, 0.1) is 11.3 Å². The van der Waals surface area contributed by atoms with Crippen LogP contribution in [0.1, 0.15) is 24.8 Å².